The maximum atomic E-state index is 12.8. The number of nitrogens with one attached hydrogen (secondary N) is 1. The Morgan fingerprint density at radius 1 is 1.32 bits per heavy atom. The Bertz CT molecular complexity index is 732. The lowest BCUT2D eigenvalue weighted by molar-refractivity contribution is 0.0581. The predicted molar refractivity (Wildman–Crippen MR) is 107 cm³/mol. The van der Waals surface area contributed by atoms with Gasteiger partial charge in [0.2, 0.25) is 10.0 Å². The van der Waals surface area contributed by atoms with Gasteiger partial charge in [-0.25, -0.2) is 13.1 Å². The lowest BCUT2D eigenvalue weighted by Gasteiger charge is -2.41. The molecule has 0 radical (unpaired) electrons. The zero-order valence-corrected chi connectivity index (χ0v) is 18.0. The topological polar surface area (TPSA) is 66.4 Å². The maximum Gasteiger partial charge on any atom is 0.250 e. The van der Waals surface area contributed by atoms with Crippen LogP contribution in [0.5, 0.6) is 0 Å². The molecule has 0 aliphatic carbocycles. The molecule has 142 valence electrons. The molecule has 0 fully saturated rings. The molecule has 2 atom stereocenters. The largest absolute Gasteiger partial charge is 0.379 e. The minimum atomic E-state index is -3.79. The average molecular weight is 406 g/mol. The Balaban J connectivity index is 3.47. The van der Waals surface area contributed by atoms with Crippen molar-refractivity contribution in [1.29, 1.82) is 0 Å². The molecule has 4 nitrogen and oxygen atoms in total. The van der Waals surface area contributed by atoms with E-state index in [0.29, 0.717) is 21.9 Å². The summed E-state index contributed by atoms with van der Waals surface area (Å²) in [4.78, 5) is 0. The predicted octanol–water partition coefficient (Wildman–Crippen LogP) is 4.76. The monoisotopic (exact) mass is 405 g/mol. The summed E-state index contributed by atoms with van der Waals surface area (Å²) in [6, 6.07) is 2.34. The maximum absolute atomic E-state index is 12.8. The van der Waals surface area contributed by atoms with Crippen molar-refractivity contribution in [1.82, 2.24) is 4.72 Å². The highest BCUT2D eigenvalue weighted by molar-refractivity contribution is 7.91. The average Bonchev–Trinajstić information content (AvgIpc) is 3.04. The molecule has 0 saturated heterocycles. The third-order valence-electron chi connectivity index (χ3n) is 4.83. The first kappa shape index (κ1) is 22.4. The highest BCUT2D eigenvalue weighted by Crippen LogP contribution is 2.35. The van der Waals surface area contributed by atoms with Crippen LogP contribution in [0.15, 0.2) is 39.6 Å². The fourth-order valence-corrected chi connectivity index (χ4v) is 5.62. The van der Waals surface area contributed by atoms with Gasteiger partial charge in [0.25, 0.3) is 0 Å². The van der Waals surface area contributed by atoms with Gasteiger partial charge in [-0.1, -0.05) is 44.0 Å². The van der Waals surface area contributed by atoms with Crippen molar-refractivity contribution in [3.63, 3.8) is 0 Å². The zero-order chi connectivity index (χ0) is 19.4. The molecular formula is C18H28ClNO3S2. The normalized spacial score (nSPS) is 18.7. The van der Waals surface area contributed by atoms with Crippen LogP contribution in [0.25, 0.3) is 0 Å². The molecule has 1 rings (SSSR count). The molecule has 0 aliphatic heterocycles. The number of rotatable bonds is 8. The van der Waals surface area contributed by atoms with Gasteiger partial charge in [0.1, 0.15) is 9.81 Å². The summed E-state index contributed by atoms with van der Waals surface area (Å²) in [6.07, 6.45) is 4.35. The van der Waals surface area contributed by atoms with Crippen molar-refractivity contribution in [2.24, 2.45) is 5.92 Å². The molecule has 2 N–H and O–H groups in total. The number of sulfonamides is 1. The number of hydrogen-bond acceptors (Lipinski definition) is 4. The third kappa shape index (κ3) is 4.74. The highest BCUT2D eigenvalue weighted by Gasteiger charge is 2.44. The summed E-state index contributed by atoms with van der Waals surface area (Å²) in [5.74, 6) is -0.0833. The molecule has 0 bridgehead atoms. The van der Waals surface area contributed by atoms with E-state index in [0.717, 1.165) is 11.3 Å². The van der Waals surface area contributed by atoms with E-state index in [2.05, 4.69) is 4.72 Å². The first-order valence-electron chi connectivity index (χ1n) is 8.31. The molecule has 25 heavy (non-hydrogen) atoms. The van der Waals surface area contributed by atoms with E-state index in [9.17, 15) is 13.5 Å². The van der Waals surface area contributed by atoms with Crippen molar-refractivity contribution in [2.45, 2.75) is 63.8 Å². The number of hydrogen-bond donors (Lipinski definition) is 2. The van der Waals surface area contributed by atoms with Gasteiger partial charge in [-0.3, -0.25) is 0 Å². The Labute approximate surface area is 160 Å². The molecule has 1 heterocycles. The molecule has 7 heteroatoms. The van der Waals surface area contributed by atoms with E-state index in [4.69, 9.17) is 11.6 Å². The second-order valence-corrected chi connectivity index (χ2v) is 9.91. The van der Waals surface area contributed by atoms with Crippen molar-refractivity contribution in [3.8, 4) is 0 Å². The van der Waals surface area contributed by atoms with Crippen LogP contribution in [0.3, 0.4) is 0 Å². The molecule has 1 aromatic rings. The smallest absolute Gasteiger partial charge is 0.250 e. The standard InChI is InChI=1S/C18H28ClNO3S2/c1-7-12(4)17(18(21,13(5)8-2)14(6)9-3)20-25(22,23)16-11-10-15(19)24-16/h8-12,17,20-21H,7H2,1-6H3/b13-8+,14-9+/t12-,17?/m0/s1. The summed E-state index contributed by atoms with van der Waals surface area (Å²) in [7, 11) is -3.79. The third-order valence-corrected chi connectivity index (χ3v) is 7.99. The molecular weight excluding hydrogens is 378 g/mol. The molecule has 0 aromatic carbocycles. The van der Waals surface area contributed by atoms with Crippen LogP contribution >= 0.6 is 22.9 Å². The van der Waals surface area contributed by atoms with Gasteiger partial charge < -0.3 is 5.11 Å². The number of aliphatic hydroxyl groups is 1. The van der Waals surface area contributed by atoms with E-state index in [1.54, 1.807) is 6.07 Å². The summed E-state index contributed by atoms with van der Waals surface area (Å²) < 4.78 is 29.0. The SMILES string of the molecule is C/C=C(\C)C(O)(/C(C)=C/C)C(NS(=O)(=O)c1ccc(Cl)s1)[C@@H](C)CC. The van der Waals surface area contributed by atoms with Crippen LogP contribution in [-0.2, 0) is 10.0 Å². The highest BCUT2D eigenvalue weighted by atomic mass is 35.5. The molecule has 0 aliphatic rings. The van der Waals surface area contributed by atoms with Crippen LogP contribution in [0, 0.1) is 5.92 Å². The Hall–Kier alpha value is -0.660. The van der Waals surface area contributed by atoms with E-state index in [1.807, 2.05) is 53.7 Å². The van der Waals surface area contributed by atoms with Crippen LogP contribution in [-0.4, -0.2) is 25.2 Å². The van der Waals surface area contributed by atoms with Gasteiger partial charge in [0.15, 0.2) is 0 Å². The lowest BCUT2D eigenvalue weighted by Crippen LogP contribution is -2.57. The van der Waals surface area contributed by atoms with Crippen molar-refractivity contribution >= 4 is 33.0 Å². The van der Waals surface area contributed by atoms with Gasteiger partial charge in [-0.05, 0) is 56.9 Å². The van der Waals surface area contributed by atoms with Crippen LogP contribution in [0.1, 0.15) is 48.0 Å². The van der Waals surface area contributed by atoms with Gasteiger partial charge in [0, 0.05) is 0 Å². The summed E-state index contributed by atoms with van der Waals surface area (Å²) in [5.41, 5.74) is 0.0215. The number of thiophene rings is 1. The van der Waals surface area contributed by atoms with E-state index >= 15 is 0 Å². The minimum absolute atomic E-state index is 0.0833. The van der Waals surface area contributed by atoms with Crippen molar-refractivity contribution in [2.75, 3.05) is 0 Å². The van der Waals surface area contributed by atoms with Crippen LogP contribution < -0.4 is 4.72 Å². The fraction of sp³-hybridized carbons (Fsp3) is 0.556. The van der Waals surface area contributed by atoms with Gasteiger partial charge in [-0.2, -0.15) is 0 Å². The van der Waals surface area contributed by atoms with Gasteiger partial charge in [-0.15, -0.1) is 11.3 Å². The summed E-state index contributed by atoms with van der Waals surface area (Å²) in [5, 5.41) is 11.5. The Morgan fingerprint density at radius 3 is 2.20 bits per heavy atom. The first-order chi connectivity index (χ1) is 11.5. The van der Waals surface area contributed by atoms with Gasteiger partial charge >= 0.3 is 0 Å². The first-order valence-corrected chi connectivity index (χ1v) is 11.0. The molecule has 1 unspecified atom stereocenters. The second kappa shape index (κ2) is 8.82. The number of allylic oxidation sites excluding steroid dienone is 2. The summed E-state index contributed by atoms with van der Waals surface area (Å²) >= 11 is 6.89. The van der Waals surface area contributed by atoms with E-state index in [-0.39, 0.29) is 10.1 Å². The Morgan fingerprint density at radius 2 is 1.84 bits per heavy atom. The van der Waals surface area contributed by atoms with E-state index in [1.165, 1.54) is 6.07 Å². The molecule has 1 aromatic heterocycles. The fourth-order valence-electron chi connectivity index (χ4n) is 2.76. The quantitative estimate of drug-likeness (QED) is 0.613. The second-order valence-electron chi connectivity index (χ2n) is 6.25. The Kier molecular flexibility index (Phi) is 7.90. The molecule has 0 spiro atoms. The number of halogens is 1. The van der Waals surface area contributed by atoms with Crippen molar-refractivity contribution < 1.29 is 13.5 Å². The van der Waals surface area contributed by atoms with Gasteiger partial charge in [0.05, 0.1) is 10.4 Å². The lowest BCUT2D eigenvalue weighted by atomic mass is 9.75. The van der Waals surface area contributed by atoms with Crippen LogP contribution in [0.4, 0.5) is 0 Å². The minimum Gasteiger partial charge on any atom is -0.379 e. The summed E-state index contributed by atoms with van der Waals surface area (Å²) in [6.45, 7) is 11.2. The van der Waals surface area contributed by atoms with E-state index < -0.39 is 21.7 Å². The van der Waals surface area contributed by atoms with Crippen molar-refractivity contribution in [3.05, 3.63) is 39.8 Å². The zero-order valence-electron chi connectivity index (χ0n) is 15.6. The van der Waals surface area contributed by atoms with Crippen LogP contribution in [0.2, 0.25) is 4.34 Å². The molecule has 0 amide bonds. The molecule has 0 saturated carbocycles.